The molecule has 2 fully saturated rings. The summed E-state index contributed by atoms with van der Waals surface area (Å²) >= 11 is 0. The number of hydrogen-bond donors (Lipinski definition) is 1. The number of hydrogen-bond acceptors (Lipinski definition) is 6. The second kappa shape index (κ2) is 11.7. The number of Topliss-reactive ketones (excluding diaryl/α,β-unsaturated/α-hetero) is 1. The van der Waals surface area contributed by atoms with E-state index in [1.807, 2.05) is 40.1 Å². The lowest BCUT2D eigenvalue weighted by Crippen LogP contribution is -2.47. The Hall–Kier alpha value is -3.20. The third kappa shape index (κ3) is 5.61. The Morgan fingerprint density at radius 3 is 2.17 bits per heavy atom. The van der Waals surface area contributed by atoms with E-state index < -0.39 is 11.2 Å². The maximum Gasteiger partial charge on any atom is 0.332 e. The molecule has 2 N–H and O–H groups in total. The van der Waals surface area contributed by atoms with Gasteiger partial charge in [0.2, 0.25) is 5.91 Å². The van der Waals surface area contributed by atoms with Crippen molar-refractivity contribution in [3.63, 3.8) is 0 Å². The normalized spacial score (nSPS) is 17.6. The zero-order valence-corrected chi connectivity index (χ0v) is 21.2. The van der Waals surface area contributed by atoms with Crippen molar-refractivity contribution in [1.82, 2.24) is 18.9 Å². The molecule has 4 rings (SSSR count). The van der Waals surface area contributed by atoms with Gasteiger partial charge in [-0.05, 0) is 51.3 Å². The van der Waals surface area contributed by atoms with Crippen LogP contribution in [0.5, 0.6) is 0 Å². The number of nitrogens with two attached hydrogens (primary N) is 1. The van der Waals surface area contributed by atoms with E-state index in [2.05, 4.69) is 0 Å². The molecule has 9 heteroatoms. The summed E-state index contributed by atoms with van der Waals surface area (Å²) in [6.45, 7) is 4.98. The lowest BCUT2D eigenvalue weighted by atomic mass is 9.94. The molecule has 1 amide bonds. The first kappa shape index (κ1) is 25.9. The van der Waals surface area contributed by atoms with E-state index in [0.717, 1.165) is 36.1 Å². The van der Waals surface area contributed by atoms with Crippen LogP contribution < -0.4 is 17.0 Å². The van der Waals surface area contributed by atoms with E-state index in [1.54, 1.807) is 6.92 Å². The van der Waals surface area contributed by atoms with Crippen LogP contribution in [-0.2, 0) is 17.9 Å². The Balaban J connectivity index is 1.47. The Morgan fingerprint density at radius 2 is 1.56 bits per heavy atom. The van der Waals surface area contributed by atoms with Gasteiger partial charge in [0.25, 0.3) is 5.56 Å². The van der Waals surface area contributed by atoms with Crippen LogP contribution >= 0.6 is 0 Å². The van der Waals surface area contributed by atoms with E-state index >= 15 is 0 Å². The molecule has 0 unspecified atom stereocenters. The average Bonchev–Trinajstić information content (AvgIpc) is 3.17. The highest BCUT2D eigenvalue weighted by Gasteiger charge is 2.31. The number of carbonyl (C=O) groups is 2. The van der Waals surface area contributed by atoms with Crippen LogP contribution in [0.25, 0.3) is 0 Å². The molecule has 0 radical (unpaired) electrons. The molecule has 2 aliphatic heterocycles. The van der Waals surface area contributed by atoms with Gasteiger partial charge in [-0.1, -0.05) is 43.2 Å². The third-order valence-electron chi connectivity index (χ3n) is 7.47. The fourth-order valence-electron chi connectivity index (χ4n) is 5.34. The number of ketones is 1. The van der Waals surface area contributed by atoms with Gasteiger partial charge in [-0.2, -0.15) is 0 Å². The van der Waals surface area contributed by atoms with Crippen molar-refractivity contribution in [1.29, 1.82) is 0 Å². The summed E-state index contributed by atoms with van der Waals surface area (Å²) < 4.78 is 2.37. The predicted molar refractivity (Wildman–Crippen MR) is 139 cm³/mol. The lowest BCUT2D eigenvalue weighted by Gasteiger charge is -2.33. The number of nitrogens with zero attached hydrogens (tertiary/aromatic N) is 4. The van der Waals surface area contributed by atoms with Crippen molar-refractivity contribution in [2.45, 2.75) is 58.5 Å². The maximum absolute atomic E-state index is 13.3. The Morgan fingerprint density at radius 1 is 0.917 bits per heavy atom. The van der Waals surface area contributed by atoms with Crippen LogP contribution in [0.2, 0.25) is 0 Å². The smallest absolute Gasteiger partial charge is 0.332 e. The van der Waals surface area contributed by atoms with Crippen molar-refractivity contribution in [3.8, 4) is 0 Å². The summed E-state index contributed by atoms with van der Waals surface area (Å²) in [5, 5.41) is 0. The summed E-state index contributed by atoms with van der Waals surface area (Å²) in [5.41, 5.74) is 5.84. The standard InChI is InChI=1S/C27H37N5O4/c1-2-31-26(35)23(24(28)32(27(31)36)18-20-10-6-5-7-11-20)22(33)19-29-16-12-21(13-17-29)25(34)30-14-8-3-4-9-15-30/h5-7,10-11,21H,2-4,8-9,12-19,28H2,1H3. The molecule has 0 spiro atoms. The van der Waals surface area contributed by atoms with Crippen LogP contribution in [-0.4, -0.2) is 63.3 Å². The Bertz CT molecular complexity index is 1190. The number of benzene rings is 1. The van der Waals surface area contributed by atoms with E-state index in [0.29, 0.717) is 25.9 Å². The van der Waals surface area contributed by atoms with Crippen molar-refractivity contribution in [2.24, 2.45) is 5.92 Å². The van der Waals surface area contributed by atoms with Gasteiger partial charge in [0.15, 0.2) is 5.78 Å². The molecule has 0 atom stereocenters. The number of carbonyl (C=O) groups excluding carboxylic acids is 2. The number of piperidine rings is 1. The first-order valence-corrected chi connectivity index (χ1v) is 13.1. The van der Waals surface area contributed by atoms with Crippen molar-refractivity contribution >= 4 is 17.5 Å². The van der Waals surface area contributed by atoms with E-state index in [9.17, 15) is 19.2 Å². The third-order valence-corrected chi connectivity index (χ3v) is 7.47. The lowest BCUT2D eigenvalue weighted by molar-refractivity contribution is -0.137. The number of rotatable bonds is 7. The molecular formula is C27H37N5O4. The zero-order valence-electron chi connectivity index (χ0n) is 21.2. The van der Waals surface area contributed by atoms with Gasteiger partial charge in [0, 0.05) is 25.6 Å². The number of amides is 1. The topological polar surface area (TPSA) is 111 Å². The van der Waals surface area contributed by atoms with Crippen LogP contribution in [0.15, 0.2) is 39.9 Å². The van der Waals surface area contributed by atoms with Gasteiger partial charge in [-0.3, -0.25) is 28.4 Å². The number of aromatic nitrogens is 2. The molecule has 9 nitrogen and oxygen atoms in total. The zero-order chi connectivity index (χ0) is 25.7. The van der Waals surface area contributed by atoms with Gasteiger partial charge in [0.05, 0.1) is 13.1 Å². The fraction of sp³-hybridized carbons (Fsp3) is 0.556. The highest BCUT2D eigenvalue weighted by atomic mass is 16.2. The quantitative estimate of drug-likeness (QED) is 0.588. The molecule has 36 heavy (non-hydrogen) atoms. The average molecular weight is 496 g/mol. The van der Waals surface area contributed by atoms with Crippen molar-refractivity contribution in [3.05, 3.63) is 62.3 Å². The highest BCUT2D eigenvalue weighted by molar-refractivity contribution is 6.01. The molecule has 1 aromatic carbocycles. The first-order valence-electron chi connectivity index (χ1n) is 13.1. The number of likely N-dealkylation sites (tertiary alicyclic amines) is 2. The molecule has 2 saturated heterocycles. The van der Waals surface area contributed by atoms with Crippen molar-refractivity contribution in [2.75, 3.05) is 38.5 Å². The van der Waals surface area contributed by atoms with E-state index in [-0.39, 0.29) is 48.6 Å². The molecule has 194 valence electrons. The molecule has 0 bridgehead atoms. The molecular weight excluding hydrogens is 458 g/mol. The van der Waals surface area contributed by atoms with Gasteiger partial charge in [-0.15, -0.1) is 0 Å². The summed E-state index contributed by atoms with van der Waals surface area (Å²) in [6.07, 6.45) is 5.91. The summed E-state index contributed by atoms with van der Waals surface area (Å²) in [7, 11) is 0. The SMILES string of the molecule is CCn1c(=O)c(C(=O)CN2CCC(C(=O)N3CCCCCC3)CC2)c(N)n(Cc2ccccc2)c1=O. The largest absolute Gasteiger partial charge is 0.384 e. The highest BCUT2D eigenvalue weighted by Crippen LogP contribution is 2.22. The number of nitrogen functional groups attached to an aromatic ring is 1. The predicted octanol–water partition coefficient (Wildman–Crippen LogP) is 1.96. The minimum Gasteiger partial charge on any atom is -0.384 e. The molecule has 3 heterocycles. The van der Waals surface area contributed by atoms with Gasteiger partial charge >= 0.3 is 5.69 Å². The second-order valence-electron chi connectivity index (χ2n) is 9.88. The molecule has 1 aromatic heterocycles. The maximum atomic E-state index is 13.3. The Kier molecular flexibility index (Phi) is 8.40. The van der Waals surface area contributed by atoms with E-state index in [1.165, 1.54) is 17.4 Å². The molecule has 2 aliphatic rings. The molecule has 0 aliphatic carbocycles. The Labute approximate surface area is 211 Å². The minimum atomic E-state index is -0.638. The summed E-state index contributed by atoms with van der Waals surface area (Å²) in [4.78, 5) is 56.3. The number of anilines is 1. The van der Waals surface area contributed by atoms with Gasteiger partial charge in [-0.25, -0.2) is 4.79 Å². The van der Waals surface area contributed by atoms with Crippen LogP contribution in [0, 0.1) is 5.92 Å². The first-order chi connectivity index (χ1) is 17.4. The monoisotopic (exact) mass is 495 g/mol. The van der Waals surface area contributed by atoms with Crippen LogP contribution in [0.4, 0.5) is 5.82 Å². The van der Waals surface area contributed by atoms with Crippen molar-refractivity contribution < 1.29 is 9.59 Å². The van der Waals surface area contributed by atoms with Crippen LogP contribution in [0.1, 0.15) is 61.4 Å². The summed E-state index contributed by atoms with van der Waals surface area (Å²) in [5.74, 6) is -0.246. The van der Waals surface area contributed by atoms with Gasteiger partial charge in [0.1, 0.15) is 11.4 Å². The van der Waals surface area contributed by atoms with Crippen LogP contribution in [0.3, 0.4) is 0 Å². The molecule has 0 saturated carbocycles. The molecule has 2 aromatic rings. The van der Waals surface area contributed by atoms with Gasteiger partial charge < -0.3 is 10.6 Å². The second-order valence-corrected chi connectivity index (χ2v) is 9.88. The van der Waals surface area contributed by atoms with E-state index in [4.69, 9.17) is 5.73 Å². The fourth-order valence-corrected chi connectivity index (χ4v) is 5.34. The summed E-state index contributed by atoms with van der Waals surface area (Å²) in [6, 6.07) is 9.33. The minimum absolute atomic E-state index is 0.00961.